The number of nitrogens with one attached hydrogen (secondary N) is 1. The highest BCUT2D eigenvalue weighted by Gasteiger charge is 2.33. The molecule has 1 saturated carbocycles. The molecule has 3 heterocycles. The van der Waals surface area contributed by atoms with Crippen molar-refractivity contribution in [1.29, 1.82) is 0 Å². The van der Waals surface area contributed by atoms with Crippen molar-refractivity contribution in [2.24, 2.45) is 0 Å². The molecule has 36 heavy (non-hydrogen) atoms. The van der Waals surface area contributed by atoms with Crippen molar-refractivity contribution < 1.29 is 18.7 Å². The topological polar surface area (TPSA) is 115 Å². The van der Waals surface area contributed by atoms with Crippen molar-refractivity contribution in [3.63, 3.8) is 0 Å². The van der Waals surface area contributed by atoms with Crippen LogP contribution in [0.2, 0.25) is 0 Å². The first-order valence-corrected chi connectivity index (χ1v) is 13.5. The number of carbonyl (C=O) groups is 2. The number of ether oxygens (including phenoxy) is 1. The summed E-state index contributed by atoms with van der Waals surface area (Å²) >= 11 is 1.47. The number of hydrogen-bond donors (Lipinski definition) is 1. The van der Waals surface area contributed by atoms with Crippen molar-refractivity contribution in [1.82, 2.24) is 30.4 Å². The van der Waals surface area contributed by atoms with Gasteiger partial charge in [0.1, 0.15) is 18.3 Å². The molecule has 1 aliphatic rings. The summed E-state index contributed by atoms with van der Waals surface area (Å²) in [4.78, 5) is 30.9. The van der Waals surface area contributed by atoms with Gasteiger partial charge in [-0.05, 0) is 61.9 Å². The molecule has 1 unspecified atom stereocenters. The standard InChI is InChI=1S/C25H34N6O4S/c1-3-34-15-8-14-30(22(32)17-31-28-24(27-29-31)20-13-12-18(2)35-20)23(21-11-7-16-36-21)25(33)26-19-9-5-4-6-10-19/h7,11-13,16,19,23H,3-6,8-10,14-15,17H2,1-2H3,(H,26,33). The van der Waals surface area contributed by atoms with E-state index in [4.69, 9.17) is 9.15 Å². The predicted octanol–water partition coefficient (Wildman–Crippen LogP) is 3.75. The highest BCUT2D eigenvalue weighted by Crippen LogP contribution is 2.28. The Morgan fingerprint density at radius 3 is 2.81 bits per heavy atom. The lowest BCUT2D eigenvalue weighted by Crippen LogP contribution is -2.48. The fourth-order valence-corrected chi connectivity index (χ4v) is 5.29. The van der Waals surface area contributed by atoms with E-state index in [9.17, 15) is 9.59 Å². The van der Waals surface area contributed by atoms with Crippen LogP contribution in [0.4, 0.5) is 0 Å². The Labute approximate surface area is 215 Å². The summed E-state index contributed by atoms with van der Waals surface area (Å²) in [5, 5.41) is 17.5. The Bertz CT molecular complexity index is 1110. The largest absolute Gasteiger partial charge is 0.458 e. The molecule has 0 saturated heterocycles. The Hall–Kier alpha value is -3.05. The molecule has 3 aromatic heterocycles. The molecule has 1 atom stereocenters. The minimum absolute atomic E-state index is 0.139. The number of amides is 2. The first kappa shape index (κ1) is 26.0. The summed E-state index contributed by atoms with van der Waals surface area (Å²) in [5.74, 6) is 1.13. The zero-order chi connectivity index (χ0) is 25.3. The van der Waals surface area contributed by atoms with Crippen molar-refractivity contribution >= 4 is 23.2 Å². The van der Waals surface area contributed by atoms with Gasteiger partial charge in [0.25, 0.3) is 0 Å². The average molecular weight is 515 g/mol. The van der Waals surface area contributed by atoms with Gasteiger partial charge in [-0.3, -0.25) is 9.59 Å². The van der Waals surface area contributed by atoms with Crippen LogP contribution in [-0.2, 0) is 20.9 Å². The smallest absolute Gasteiger partial charge is 0.248 e. The average Bonchev–Trinajstić information content (AvgIpc) is 3.64. The van der Waals surface area contributed by atoms with Gasteiger partial charge in [0.15, 0.2) is 5.76 Å². The molecule has 11 heteroatoms. The van der Waals surface area contributed by atoms with E-state index in [-0.39, 0.29) is 24.4 Å². The Morgan fingerprint density at radius 1 is 1.28 bits per heavy atom. The third-order valence-corrected chi connectivity index (χ3v) is 7.15. The summed E-state index contributed by atoms with van der Waals surface area (Å²) < 4.78 is 11.1. The normalized spacial score (nSPS) is 15.1. The van der Waals surface area contributed by atoms with Gasteiger partial charge in [0.2, 0.25) is 17.6 Å². The Balaban J connectivity index is 1.54. The molecular weight excluding hydrogens is 480 g/mol. The van der Waals surface area contributed by atoms with Crippen LogP contribution in [0.25, 0.3) is 11.6 Å². The maximum absolute atomic E-state index is 13.6. The molecule has 4 rings (SSSR count). The molecule has 0 spiro atoms. The zero-order valence-corrected chi connectivity index (χ0v) is 21.7. The maximum atomic E-state index is 13.6. The van der Waals surface area contributed by atoms with E-state index in [1.807, 2.05) is 37.4 Å². The van der Waals surface area contributed by atoms with Gasteiger partial charge >= 0.3 is 0 Å². The zero-order valence-electron chi connectivity index (χ0n) is 20.9. The van der Waals surface area contributed by atoms with E-state index in [1.165, 1.54) is 22.6 Å². The Morgan fingerprint density at radius 2 is 2.11 bits per heavy atom. The van der Waals surface area contributed by atoms with Crippen LogP contribution in [0.5, 0.6) is 0 Å². The highest BCUT2D eigenvalue weighted by molar-refractivity contribution is 7.10. The van der Waals surface area contributed by atoms with Gasteiger partial charge in [-0.15, -0.1) is 21.5 Å². The lowest BCUT2D eigenvalue weighted by Gasteiger charge is -2.32. The van der Waals surface area contributed by atoms with Crippen molar-refractivity contribution in [2.45, 2.75) is 71.0 Å². The van der Waals surface area contributed by atoms with Crippen molar-refractivity contribution in [3.8, 4) is 11.6 Å². The van der Waals surface area contributed by atoms with Gasteiger partial charge in [-0.25, -0.2) is 0 Å². The summed E-state index contributed by atoms with van der Waals surface area (Å²) in [5.41, 5.74) is 0. The number of hydrogen-bond acceptors (Lipinski definition) is 8. The number of thiophene rings is 1. The van der Waals surface area contributed by atoms with E-state index in [0.29, 0.717) is 37.8 Å². The number of aromatic nitrogens is 4. The molecule has 10 nitrogen and oxygen atoms in total. The van der Waals surface area contributed by atoms with E-state index in [0.717, 1.165) is 36.3 Å². The van der Waals surface area contributed by atoms with Crippen LogP contribution in [0.15, 0.2) is 34.1 Å². The highest BCUT2D eigenvalue weighted by atomic mass is 32.1. The first-order valence-electron chi connectivity index (χ1n) is 12.6. The maximum Gasteiger partial charge on any atom is 0.248 e. The molecule has 0 radical (unpaired) electrons. The van der Waals surface area contributed by atoms with E-state index < -0.39 is 6.04 Å². The number of nitrogens with zero attached hydrogens (tertiary/aromatic N) is 5. The lowest BCUT2D eigenvalue weighted by atomic mass is 9.95. The van der Waals surface area contributed by atoms with Gasteiger partial charge in [-0.1, -0.05) is 25.3 Å². The molecule has 3 aromatic rings. The third-order valence-electron chi connectivity index (χ3n) is 6.23. The predicted molar refractivity (Wildman–Crippen MR) is 135 cm³/mol. The summed E-state index contributed by atoms with van der Waals surface area (Å²) in [6.45, 7) is 5.11. The first-order chi connectivity index (χ1) is 17.5. The third kappa shape index (κ3) is 6.79. The molecule has 0 aliphatic heterocycles. The fraction of sp³-hybridized carbons (Fsp3) is 0.560. The second-order valence-electron chi connectivity index (χ2n) is 8.95. The molecule has 1 fully saturated rings. The van der Waals surface area contributed by atoms with Gasteiger partial charge < -0.3 is 19.4 Å². The van der Waals surface area contributed by atoms with Crippen LogP contribution in [-0.4, -0.2) is 62.7 Å². The van der Waals surface area contributed by atoms with Crippen LogP contribution < -0.4 is 5.32 Å². The van der Waals surface area contributed by atoms with Crippen molar-refractivity contribution in [2.75, 3.05) is 19.8 Å². The molecular formula is C25H34N6O4S. The number of rotatable bonds is 12. The van der Waals surface area contributed by atoms with Crippen LogP contribution in [0.3, 0.4) is 0 Å². The molecule has 194 valence electrons. The molecule has 1 N–H and O–H groups in total. The van der Waals surface area contributed by atoms with E-state index >= 15 is 0 Å². The SMILES string of the molecule is CCOCCCN(C(=O)Cn1nnc(-c2ccc(C)o2)n1)C(C(=O)NC1CCCCC1)c1cccs1. The van der Waals surface area contributed by atoms with Crippen LogP contribution >= 0.6 is 11.3 Å². The summed E-state index contributed by atoms with van der Waals surface area (Å²) in [6, 6.07) is 6.81. The number of tetrazole rings is 1. The van der Waals surface area contributed by atoms with Crippen LogP contribution in [0.1, 0.15) is 62.1 Å². The number of aryl methyl sites for hydroxylation is 1. The number of carbonyl (C=O) groups excluding carboxylic acids is 2. The molecule has 2 amide bonds. The second kappa shape index (κ2) is 12.8. The van der Waals surface area contributed by atoms with E-state index in [2.05, 4.69) is 20.7 Å². The molecule has 0 aromatic carbocycles. The minimum Gasteiger partial charge on any atom is -0.458 e. The Kier molecular flexibility index (Phi) is 9.23. The van der Waals surface area contributed by atoms with E-state index in [1.54, 1.807) is 11.0 Å². The summed E-state index contributed by atoms with van der Waals surface area (Å²) in [6.07, 6.45) is 5.98. The quantitative estimate of drug-likeness (QED) is 0.366. The monoisotopic (exact) mass is 514 g/mol. The van der Waals surface area contributed by atoms with Gasteiger partial charge in [-0.2, -0.15) is 4.80 Å². The molecule has 1 aliphatic carbocycles. The molecule has 0 bridgehead atoms. The minimum atomic E-state index is -0.725. The van der Waals surface area contributed by atoms with Crippen LogP contribution in [0, 0.1) is 6.92 Å². The van der Waals surface area contributed by atoms with Gasteiger partial charge in [0, 0.05) is 30.7 Å². The number of furan rings is 1. The van der Waals surface area contributed by atoms with Gasteiger partial charge in [0.05, 0.1) is 0 Å². The summed E-state index contributed by atoms with van der Waals surface area (Å²) in [7, 11) is 0. The lowest BCUT2D eigenvalue weighted by molar-refractivity contribution is -0.142. The fourth-order valence-electron chi connectivity index (χ4n) is 4.45. The second-order valence-corrected chi connectivity index (χ2v) is 9.93. The van der Waals surface area contributed by atoms with Crippen molar-refractivity contribution in [3.05, 3.63) is 40.3 Å².